The molecule has 2 amide bonds. The first-order chi connectivity index (χ1) is 14.9. The minimum absolute atomic E-state index is 0.131. The summed E-state index contributed by atoms with van der Waals surface area (Å²) in [4.78, 5) is 27.7. The zero-order chi connectivity index (χ0) is 22.2. The fourth-order valence-electron chi connectivity index (χ4n) is 3.77. The third kappa shape index (κ3) is 6.97. The van der Waals surface area contributed by atoms with Gasteiger partial charge in [-0.2, -0.15) is 0 Å². The number of para-hydroxylation sites is 1. The van der Waals surface area contributed by atoms with Crippen LogP contribution in [0, 0.1) is 0 Å². The van der Waals surface area contributed by atoms with Crippen LogP contribution < -0.4 is 10.1 Å². The van der Waals surface area contributed by atoms with Crippen LogP contribution in [0.5, 0.6) is 5.75 Å². The number of amides is 2. The van der Waals surface area contributed by atoms with E-state index in [1.165, 1.54) is 6.42 Å². The van der Waals surface area contributed by atoms with Crippen molar-refractivity contribution in [2.45, 2.75) is 57.7 Å². The van der Waals surface area contributed by atoms with Crippen molar-refractivity contribution in [2.24, 2.45) is 0 Å². The fourth-order valence-corrected chi connectivity index (χ4v) is 4.40. The molecular formula is C24H28BrClN2O3. The average molecular weight is 508 g/mol. The minimum Gasteiger partial charge on any atom is -0.482 e. The second-order valence-electron chi connectivity index (χ2n) is 7.89. The number of halogens is 2. The summed E-state index contributed by atoms with van der Waals surface area (Å²) in [5.74, 6) is 0.0402. The lowest BCUT2D eigenvalue weighted by Crippen LogP contribution is -2.51. The maximum absolute atomic E-state index is 13.1. The van der Waals surface area contributed by atoms with Crippen LogP contribution in [0.2, 0.25) is 5.02 Å². The number of nitrogens with zero attached hydrogens (tertiary/aromatic N) is 1. The highest BCUT2D eigenvalue weighted by atomic mass is 79.9. The lowest BCUT2D eigenvalue weighted by atomic mass is 9.95. The first kappa shape index (κ1) is 23.6. The highest BCUT2D eigenvalue weighted by molar-refractivity contribution is 9.10. The smallest absolute Gasteiger partial charge is 0.261 e. The van der Waals surface area contributed by atoms with Gasteiger partial charge in [0.2, 0.25) is 5.91 Å². The Balaban J connectivity index is 1.71. The van der Waals surface area contributed by atoms with Gasteiger partial charge in [-0.05, 0) is 49.6 Å². The summed E-state index contributed by atoms with van der Waals surface area (Å²) in [5.41, 5.74) is 0.929. The molecule has 0 spiro atoms. The predicted octanol–water partition coefficient (Wildman–Crippen LogP) is 5.35. The molecule has 0 radical (unpaired) electrons. The van der Waals surface area contributed by atoms with Gasteiger partial charge in [0.15, 0.2) is 6.61 Å². The zero-order valence-corrected chi connectivity index (χ0v) is 20.0. The Labute approximate surface area is 197 Å². The van der Waals surface area contributed by atoms with Crippen molar-refractivity contribution >= 4 is 39.3 Å². The van der Waals surface area contributed by atoms with E-state index in [1.54, 1.807) is 36.1 Å². The summed E-state index contributed by atoms with van der Waals surface area (Å²) in [5, 5.41) is 3.57. The standard InChI is InChI=1S/C24H28BrClN2O3/c1-17(24(30)27-20-10-3-2-4-11-20)28(15-18-8-7-9-19(25)14-18)23(29)16-31-22-13-6-5-12-21(22)26/h5-9,12-14,17,20H,2-4,10-11,15-16H2,1H3,(H,27,30)/t17-/m0/s1. The maximum atomic E-state index is 13.1. The van der Waals surface area contributed by atoms with E-state index in [2.05, 4.69) is 21.2 Å². The molecular weight excluding hydrogens is 480 g/mol. The Bertz CT molecular complexity index is 902. The summed E-state index contributed by atoms with van der Waals surface area (Å²) in [7, 11) is 0. The number of carbonyl (C=O) groups is 2. The highest BCUT2D eigenvalue weighted by Gasteiger charge is 2.28. The highest BCUT2D eigenvalue weighted by Crippen LogP contribution is 2.23. The molecule has 1 aliphatic carbocycles. The van der Waals surface area contributed by atoms with Crippen molar-refractivity contribution in [1.82, 2.24) is 10.2 Å². The third-order valence-electron chi connectivity index (χ3n) is 5.55. The first-order valence-corrected chi connectivity index (χ1v) is 11.8. The Morgan fingerprint density at radius 2 is 1.90 bits per heavy atom. The largest absolute Gasteiger partial charge is 0.482 e. The summed E-state index contributed by atoms with van der Waals surface area (Å²) in [6.45, 7) is 1.88. The summed E-state index contributed by atoms with van der Waals surface area (Å²) >= 11 is 9.60. The average Bonchev–Trinajstić information content (AvgIpc) is 2.77. The molecule has 1 N–H and O–H groups in total. The van der Waals surface area contributed by atoms with Gasteiger partial charge in [0.1, 0.15) is 11.8 Å². The van der Waals surface area contributed by atoms with E-state index < -0.39 is 6.04 Å². The van der Waals surface area contributed by atoms with Crippen molar-refractivity contribution in [3.63, 3.8) is 0 Å². The number of ether oxygens (including phenoxy) is 1. The van der Waals surface area contributed by atoms with Crippen molar-refractivity contribution < 1.29 is 14.3 Å². The first-order valence-electron chi connectivity index (χ1n) is 10.7. The van der Waals surface area contributed by atoms with Crippen molar-refractivity contribution in [3.05, 3.63) is 63.6 Å². The molecule has 31 heavy (non-hydrogen) atoms. The molecule has 0 bridgehead atoms. The molecule has 7 heteroatoms. The molecule has 0 unspecified atom stereocenters. The second kappa shape index (κ2) is 11.5. The maximum Gasteiger partial charge on any atom is 0.261 e. The Morgan fingerprint density at radius 1 is 1.16 bits per heavy atom. The number of nitrogens with one attached hydrogen (secondary N) is 1. The SMILES string of the molecule is C[C@@H](C(=O)NC1CCCCC1)N(Cc1cccc(Br)c1)C(=O)COc1ccccc1Cl. The molecule has 2 aromatic carbocycles. The van der Waals surface area contributed by atoms with Gasteiger partial charge in [-0.3, -0.25) is 9.59 Å². The van der Waals surface area contributed by atoms with Gasteiger partial charge >= 0.3 is 0 Å². The summed E-state index contributed by atoms with van der Waals surface area (Å²) < 4.78 is 6.58. The molecule has 2 aromatic rings. The number of benzene rings is 2. The molecule has 1 saturated carbocycles. The monoisotopic (exact) mass is 506 g/mol. The normalized spacial score (nSPS) is 15.2. The molecule has 0 aromatic heterocycles. The predicted molar refractivity (Wildman–Crippen MR) is 126 cm³/mol. The minimum atomic E-state index is -0.622. The van der Waals surface area contributed by atoms with Gasteiger partial charge in [-0.15, -0.1) is 0 Å². The van der Waals surface area contributed by atoms with Crippen molar-refractivity contribution in [1.29, 1.82) is 0 Å². The van der Waals surface area contributed by atoms with E-state index in [9.17, 15) is 9.59 Å². The van der Waals surface area contributed by atoms with Crippen LogP contribution in [0.4, 0.5) is 0 Å². The number of rotatable bonds is 8. The molecule has 1 atom stereocenters. The van der Waals surface area contributed by atoms with E-state index in [4.69, 9.17) is 16.3 Å². The quantitative estimate of drug-likeness (QED) is 0.524. The zero-order valence-electron chi connectivity index (χ0n) is 17.7. The fraction of sp³-hybridized carbons (Fsp3) is 0.417. The number of hydrogen-bond donors (Lipinski definition) is 1. The molecule has 3 rings (SSSR count). The van der Waals surface area contributed by atoms with Crippen LogP contribution >= 0.6 is 27.5 Å². The Kier molecular flexibility index (Phi) is 8.79. The lowest BCUT2D eigenvalue weighted by molar-refractivity contribution is -0.142. The number of carbonyl (C=O) groups excluding carboxylic acids is 2. The molecule has 0 heterocycles. The molecule has 5 nitrogen and oxygen atoms in total. The van der Waals surface area contributed by atoms with Gasteiger partial charge in [0.05, 0.1) is 5.02 Å². The summed E-state index contributed by atoms with van der Waals surface area (Å²) in [6.07, 6.45) is 5.47. The molecule has 1 fully saturated rings. The lowest BCUT2D eigenvalue weighted by Gasteiger charge is -2.31. The number of hydrogen-bond acceptors (Lipinski definition) is 3. The molecule has 0 aliphatic heterocycles. The van der Waals surface area contributed by atoms with Crippen LogP contribution in [0.3, 0.4) is 0 Å². The van der Waals surface area contributed by atoms with Gasteiger partial charge in [0.25, 0.3) is 5.91 Å². The summed E-state index contributed by atoms with van der Waals surface area (Å²) in [6, 6.07) is 14.3. The van der Waals surface area contributed by atoms with Gasteiger partial charge in [-0.1, -0.05) is 71.1 Å². The van der Waals surface area contributed by atoms with Crippen LogP contribution in [0.25, 0.3) is 0 Å². The molecule has 0 saturated heterocycles. The van der Waals surface area contributed by atoms with Crippen molar-refractivity contribution in [2.75, 3.05) is 6.61 Å². The van der Waals surface area contributed by atoms with Crippen LogP contribution in [0.15, 0.2) is 53.0 Å². The third-order valence-corrected chi connectivity index (χ3v) is 6.35. The van der Waals surface area contributed by atoms with E-state index in [0.29, 0.717) is 17.3 Å². The van der Waals surface area contributed by atoms with Crippen molar-refractivity contribution in [3.8, 4) is 5.75 Å². The van der Waals surface area contributed by atoms with Crippen LogP contribution in [-0.4, -0.2) is 35.4 Å². The molecule has 1 aliphatic rings. The second-order valence-corrected chi connectivity index (χ2v) is 9.21. The Morgan fingerprint density at radius 3 is 2.61 bits per heavy atom. The van der Waals surface area contributed by atoms with Gasteiger partial charge in [0, 0.05) is 17.1 Å². The van der Waals surface area contributed by atoms with E-state index in [0.717, 1.165) is 35.7 Å². The molecule has 166 valence electrons. The van der Waals surface area contributed by atoms with Crippen LogP contribution in [0.1, 0.15) is 44.6 Å². The Hall–Kier alpha value is -2.05. The van der Waals surface area contributed by atoms with Gasteiger partial charge in [-0.25, -0.2) is 0 Å². The topological polar surface area (TPSA) is 58.6 Å². The van der Waals surface area contributed by atoms with E-state index in [-0.39, 0.29) is 24.5 Å². The van der Waals surface area contributed by atoms with Crippen LogP contribution in [-0.2, 0) is 16.1 Å². The van der Waals surface area contributed by atoms with Gasteiger partial charge < -0.3 is 15.0 Å². The van der Waals surface area contributed by atoms with E-state index in [1.807, 2.05) is 24.3 Å². The van der Waals surface area contributed by atoms with E-state index >= 15 is 0 Å².